The van der Waals surface area contributed by atoms with Crippen molar-refractivity contribution in [2.75, 3.05) is 39.8 Å². The SMILES string of the molecule is C1CCNCC1.CC(C)CCCN=C(N)N.CC(C)CCN=C(N)N.CC(C)CN=C(N)N.CN=C(N)N.c1cncnc1. The molecule has 17 N–H and O–H groups in total. The summed E-state index contributed by atoms with van der Waals surface area (Å²) in [5.74, 6) is 2.66. The minimum absolute atomic E-state index is 0.130. The zero-order chi connectivity index (χ0) is 34.6. The monoisotopic (exact) mass is 626 g/mol. The van der Waals surface area contributed by atoms with Crippen LogP contribution in [0.25, 0.3) is 0 Å². The summed E-state index contributed by atoms with van der Waals surface area (Å²) in [6.45, 7) is 17.5. The van der Waals surface area contributed by atoms with E-state index in [1.807, 2.05) is 0 Å². The first-order chi connectivity index (χ1) is 20.6. The zero-order valence-corrected chi connectivity index (χ0v) is 28.6. The van der Waals surface area contributed by atoms with Crippen LogP contribution in [-0.2, 0) is 0 Å². The molecule has 0 unspecified atom stereocenters. The van der Waals surface area contributed by atoms with Gasteiger partial charge in [0.2, 0.25) is 0 Å². The molecule has 0 aliphatic carbocycles. The Kier molecular flexibility index (Phi) is 39.7. The lowest BCUT2D eigenvalue weighted by Gasteiger charge is -2.08. The first-order valence-electron chi connectivity index (χ1n) is 15.2. The summed E-state index contributed by atoms with van der Waals surface area (Å²) in [5, 5.41) is 3.28. The molecule has 0 aromatic carbocycles. The number of guanidine groups is 4. The van der Waals surface area contributed by atoms with Crippen molar-refractivity contribution in [3.63, 3.8) is 0 Å². The average Bonchev–Trinajstić information content (AvgIpc) is 2.97. The van der Waals surface area contributed by atoms with E-state index in [0.717, 1.165) is 38.4 Å². The molecule has 258 valence electrons. The van der Waals surface area contributed by atoms with Crippen molar-refractivity contribution in [2.24, 2.45) is 83.6 Å². The van der Waals surface area contributed by atoms with Crippen LogP contribution in [0.15, 0.2) is 44.8 Å². The normalized spacial score (nSPS) is 11.0. The lowest BCUT2D eigenvalue weighted by atomic mass is 10.1. The molecule has 1 saturated heterocycles. The summed E-state index contributed by atoms with van der Waals surface area (Å²) < 4.78 is 0. The number of rotatable bonds is 9. The fraction of sp³-hybridized carbons (Fsp3) is 0.724. The van der Waals surface area contributed by atoms with Crippen LogP contribution >= 0.6 is 0 Å². The van der Waals surface area contributed by atoms with Gasteiger partial charge >= 0.3 is 0 Å². The van der Waals surface area contributed by atoms with Gasteiger partial charge in [-0.25, -0.2) is 9.97 Å². The fourth-order valence-corrected chi connectivity index (χ4v) is 2.50. The van der Waals surface area contributed by atoms with E-state index in [0.29, 0.717) is 11.8 Å². The van der Waals surface area contributed by atoms with E-state index in [2.05, 4.69) is 76.8 Å². The summed E-state index contributed by atoms with van der Waals surface area (Å²) in [7, 11) is 1.54. The van der Waals surface area contributed by atoms with E-state index < -0.39 is 0 Å². The summed E-state index contributed by atoms with van der Waals surface area (Å²) in [6, 6.07) is 1.78. The maximum atomic E-state index is 5.14. The highest BCUT2D eigenvalue weighted by Crippen LogP contribution is 2.02. The van der Waals surface area contributed by atoms with Gasteiger partial charge < -0.3 is 51.2 Å². The zero-order valence-electron chi connectivity index (χ0n) is 28.6. The second-order valence-electron chi connectivity index (χ2n) is 10.9. The van der Waals surface area contributed by atoms with Gasteiger partial charge in [-0.1, -0.05) is 48.0 Å². The molecule has 2 rings (SSSR count). The number of hydrogen-bond donors (Lipinski definition) is 9. The molecule has 0 atom stereocenters. The molecule has 1 aromatic heterocycles. The highest BCUT2D eigenvalue weighted by atomic mass is 15.0. The summed E-state index contributed by atoms with van der Waals surface area (Å²) in [4.78, 5) is 22.2. The van der Waals surface area contributed by atoms with Crippen LogP contribution in [0.1, 0.15) is 80.1 Å². The van der Waals surface area contributed by atoms with Gasteiger partial charge in [0.05, 0.1) is 0 Å². The molecule has 15 heteroatoms. The van der Waals surface area contributed by atoms with Crippen molar-refractivity contribution >= 4 is 23.8 Å². The molecule has 1 aliphatic rings. The second kappa shape index (κ2) is 37.1. The number of nitrogens with one attached hydrogen (secondary N) is 1. The Bertz CT molecular complexity index is 765. The Morgan fingerprint density at radius 3 is 1.32 bits per heavy atom. The highest BCUT2D eigenvalue weighted by Gasteiger charge is 1.94. The van der Waals surface area contributed by atoms with Gasteiger partial charge in [-0.3, -0.25) is 20.0 Å². The number of aromatic nitrogens is 2. The van der Waals surface area contributed by atoms with Gasteiger partial charge in [0.15, 0.2) is 23.8 Å². The van der Waals surface area contributed by atoms with Crippen LogP contribution in [0.5, 0.6) is 0 Å². The molecule has 0 radical (unpaired) electrons. The molecular weight excluding hydrogens is 558 g/mol. The van der Waals surface area contributed by atoms with Gasteiger partial charge in [-0.15, -0.1) is 0 Å². The van der Waals surface area contributed by atoms with Gasteiger partial charge in [0.1, 0.15) is 6.33 Å². The minimum Gasteiger partial charge on any atom is -0.370 e. The van der Waals surface area contributed by atoms with E-state index in [-0.39, 0.29) is 23.8 Å². The van der Waals surface area contributed by atoms with Crippen LogP contribution in [0.4, 0.5) is 0 Å². The fourth-order valence-electron chi connectivity index (χ4n) is 2.50. The predicted octanol–water partition coefficient (Wildman–Crippen LogP) is 1.04. The van der Waals surface area contributed by atoms with Crippen molar-refractivity contribution in [3.05, 3.63) is 24.8 Å². The van der Waals surface area contributed by atoms with Crippen LogP contribution in [0.3, 0.4) is 0 Å². The maximum Gasteiger partial charge on any atom is 0.185 e. The van der Waals surface area contributed by atoms with Crippen LogP contribution in [0.2, 0.25) is 0 Å². The quantitative estimate of drug-likeness (QED) is 0.106. The topological polar surface area (TPSA) is 295 Å². The van der Waals surface area contributed by atoms with Gasteiger partial charge in [0.25, 0.3) is 0 Å². The maximum absolute atomic E-state index is 5.14. The van der Waals surface area contributed by atoms with E-state index in [1.165, 1.54) is 52.1 Å². The van der Waals surface area contributed by atoms with E-state index in [1.54, 1.807) is 18.5 Å². The lowest BCUT2D eigenvalue weighted by Crippen LogP contribution is -2.23. The minimum atomic E-state index is 0.130. The van der Waals surface area contributed by atoms with Crippen molar-refractivity contribution in [3.8, 4) is 0 Å². The lowest BCUT2D eigenvalue weighted by molar-refractivity contribution is 0.520. The Morgan fingerprint density at radius 1 is 0.636 bits per heavy atom. The molecule has 1 fully saturated rings. The smallest absolute Gasteiger partial charge is 0.185 e. The summed E-state index contributed by atoms with van der Waals surface area (Å²) in [6.07, 6.45) is 12.4. The molecule has 1 aromatic rings. The van der Waals surface area contributed by atoms with Crippen LogP contribution < -0.4 is 51.2 Å². The van der Waals surface area contributed by atoms with E-state index in [4.69, 9.17) is 45.9 Å². The Balaban J connectivity index is -0.000000221. The number of nitrogens with zero attached hydrogens (tertiary/aromatic N) is 6. The molecular formula is C29H67N15. The largest absolute Gasteiger partial charge is 0.370 e. The Morgan fingerprint density at radius 2 is 1.09 bits per heavy atom. The molecule has 0 saturated carbocycles. The Labute approximate surface area is 267 Å². The third kappa shape index (κ3) is 66.4. The van der Waals surface area contributed by atoms with Gasteiger partial charge in [-0.05, 0) is 69.0 Å². The number of hydrogen-bond acceptors (Lipinski definition) is 7. The standard InChI is InChI=1S/C7H17N3.C6H15N3.C5H13N3.C5H11N.C4H4N2.C2H7N3/c1-6(2)4-3-5-10-7(8)9;1-5(2)3-4-9-6(7)8;1-4(2)3-8-5(6)7;1-2-4-6-5-3-1;1-2-5-4-6-3-1;1-5-2(3)4/h6H,3-5H2,1-2H3,(H4,8,9,10);5H,3-4H2,1-2H3,(H4,7,8,9);4H,3H2,1-2H3,(H4,6,7,8);6H,1-5H2;1-4H;1H3,(H4,3,4,5). The summed E-state index contributed by atoms with van der Waals surface area (Å²) in [5.41, 5.74) is 40.3. The van der Waals surface area contributed by atoms with Crippen LogP contribution in [0, 0.1) is 17.8 Å². The van der Waals surface area contributed by atoms with Crippen molar-refractivity contribution in [1.29, 1.82) is 0 Å². The van der Waals surface area contributed by atoms with Gasteiger partial charge in [0, 0.05) is 39.1 Å². The molecule has 0 bridgehead atoms. The number of nitrogens with two attached hydrogens (primary N) is 8. The molecule has 2 heterocycles. The molecule has 15 nitrogen and oxygen atoms in total. The predicted molar refractivity (Wildman–Crippen MR) is 191 cm³/mol. The van der Waals surface area contributed by atoms with Crippen molar-refractivity contribution < 1.29 is 0 Å². The third-order valence-corrected chi connectivity index (χ3v) is 4.82. The molecule has 0 amide bonds. The van der Waals surface area contributed by atoms with Crippen molar-refractivity contribution in [1.82, 2.24) is 15.3 Å². The first-order valence-corrected chi connectivity index (χ1v) is 15.2. The van der Waals surface area contributed by atoms with E-state index >= 15 is 0 Å². The number of aliphatic imine (C=N–C) groups is 4. The van der Waals surface area contributed by atoms with Gasteiger partial charge in [-0.2, -0.15) is 0 Å². The average molecular weight is 626 g/mol. The highest BCUT2D eigenvalue weighted by molar-refractivity contribution is 5.76. The molecule has 44 heavy (non-hydrogen) atoms. The van der Waals surface area contributed by atoms with E-state index in [9.17, 15) is 0 Å². The third-order valence-electron chi connectivity index (χ3n) is 4.82. The molecule has 1 aliphatic heterocycles. The first kappa shape index (κ1) is 47.1. The second-order valence-corrected chi connectivity index (χ2v) is 10.9. The molecule has 0 spiro atoms. The van der Waals surface area contributed by atoms with Crippen molar-refractivity contribution in [2.45, 2.75) is 80.1 Å². The number of piperidine rings is 1. The van der Waals surface area contributed by atoms with Crippen LogP contribution in [-0.4, -0.2) is 73.6 Å². The Hall–Kier alpha value is -3.88. The summed E-state index contributed by atoms with van der Waals surface area (Å²) >= 11 is 0.